The van der Waals surface area contributed by atoms with Gasteiger partial charge < -0.3 is 15.8 Å². The van der Waals surface area contributed by atoms with Gasteiger partial charge in [0.1, 0.15) is 6.61 Å². The number of fused-ring (bicyclic) bond motifs is 1. The number of hydrogen-bond acceptors (Lipinski definition) is 3. The Kier molecular flexibility index (Phi) is 1.85. The fourth-order valence-electron chi connectivity index (χ4n) is 1.35. The highest BCUT2D eigenvalue weighted by Gasteiger charge is 2.20. The van der Waals surface area contributed by atoms with Crippen LogP contribution in [0.3, 0.4) is 0 Å². The zero-order valence-electron chi connectivity index (χ0n) is 7.24. The van der Waals surface area contributed by atoms with Crippen LogP contribution in [0.2, 0.25) is 0 Å². The number of hydrogen-bond donors (Lipinski definition) is 2. The maximum absolute atomic E-state index is 11.1. The minimum absolute atomic E-state index is 0.252. The van der Waals surface area contributed by atoms with Crippen LogP contribution in [-0.4, -0.2) is 12.0 Å². The van der Waals surface area contributed by atoms with Gasteiger partial charge in [-0.05, 0) is 18.2 Å². The topological polar surface area (TPSA) is 81.4 Å². The number of nitrogens with one attached hydrogen (secondary N) is 1. The summed E-state index contributed by atoms with van der Waals surface area (Å²) >= 11 is 0. The third-order valence-corrected chi connectivity index (χ3v) is 1.95. The molecule has 0 fully saturated rings. The minimum atomic E-state index is -0.629. The van der Waals surface area contributed by atoms with Gasteiger partial charge in [-0.1, -0.05) is 0 Å². The van der Waals surface area contributed by atoms with Crippen LogP contribution in [0.15, 0.2) is 18.2 Å². The van der Waals surface area contributed by atoms with E-state index in [1.807, 2.05) is 0 Å². The third-order valence-electron chi connectivity index (χ3n) is 1.95. The number of amides is 2. The molecule has 0 bridgehead atoms. The number of carbonyl (C=O) groups excluding carboxylic acids is 2. The Labute approximate surface area is 79.8 Å². The number of anilines is 1. The zero-order chi connectivity index (χ0) is 10.1. The second-order valence-corrected chi connectivity index (χ2v) is 2.94. The maximum Gasteiger partial charge on any atom is 0.338 e. The molecule has 1 aromatic carbocycles. The van der Waals surface area contributed by atoms with Crippen molar-refractivity contribution in [3.63, 3.8) is 0 Å². The van der Waals surface area contributed by atoms with Crippen molar-refractivity contribution < 1.29 is 14.3 Å². The molecule has 0 aromatic heterocycles. The molecule has 5 heteroatoms. The lowest BCUT2D eigenvalue weighted by Crippen LogP contribution is -2.19. The monoisotopic (exact) mass is 192 g/mol. The normalized spacial score (nSPS) is 13.3. The SMILES string of the molecule is NC(=O)Nc1ccc2c(c1)COC2=O. The van der Waals surface area contributed by atoms with Gasteiger partial charge in [0, 0.05) is 11.3 Å². The number of urea groups is 1. The highest BCUT2D eigenvalue weighted by atomic mass is 16.5. The predicted octanol–water partition coefficient (Wildman–Crippen LogP) is 0.848. The maximum atomic E-state index is 11.1. The summed E-state index contributed by atoms with van der Waals surface area (Å²) in [5.41, 5.74) is 6.82. The van der Waals surface area contributed by atoms with E-state index in [1.54, 1.807) is 18.2 Å². The number of carbonyl (C=O) groups is 2. The first-order chi connectivity index (χ1) is 6.66. The van der Waals surface area contributed by atoms with Gasteiger partial charge in [0.2, 0.25) is 0 Å². The van der Waals surface area contributed by atoms with Crippen LogP contribution >= 0.6 is 0 Å². The molecule has 0 radical (unpaired) electrons. The molecule has 0 unspecified atom stereocenters. The number of nitrogens with two attached hydrogens (primary N) is 1. The highest BCUT2D eigenvalue weighted by Crippen LogP contribution is 2.22. The first kappa shape index (κ1) is 8.55. The highest BCUT2D eigenvalue weighted by molar-refractivity contribution is 5.95. The molecule has 1 aromatic rings. The second-order valence-electron chi connectivity index (χ2n) is 2.94. The fraction of sp³-hybridized carbons (Fsp3) is 0.111. The van der Waals surface area contributed by atoms with Gasteiger partial charge in [-0.3, -0.25) is 0 Å². The van der Waals surface area contributed by atoms with Crippen molar-refractivity contribution in [3.05, 3.63) is 29.3 Å². The van der Waals surface area contributed by atoms with E-state index in [-0.39, 0.29) is 12.6 Å². The molecule has 0 atom stereocenters. The molecular formula is C9H8N2O3. The van der Waals surface area contributed by atoms with Crippen LogP contribution in [0.1, 0.15) is 15.9 Å². The summed E-state index contributed by atoms with van der Waals surface area (Å²) in [4.78, 5) is 21.6. The van der Waals surface area contributed by atoms with Crippen molar-refractivity contribution in [2.24, 2.45) is 5.73 Å². The predicted molar refractivity (Wildman–Crippen MR) is 48.8 cm³/mol. The summed E-state index contributed by atoms with van der Waals surface area (Å²) < 4.78 is 4.80. The van der Waals surface area contributed by atoms with Gasteiger partial charge in [-0.2, -0.15) is 0 Å². The van der Waals surface area contributed by atoms with E-state index in [9.17, 15) is 9.59 Å². The van der Waals surface area contributed by atoms with E-state index in [0.717, 1.165) is 5.56 Å². The van der Waals surface area contributed by atoms with Crippen LogP contribution in [0, 0.1) is 0 Å². The second kappa shape index (κ2) is 3.02. The summed E-state index contributed by atoms with van der Waals surface area (Å²) in [5.74, 6) is -0.328. The fourth-order valence-corrected chi connectivity index (χ4v) is 1.35. The van der Waals surface area contributed by atoms with Crippen LogP contribution < -0.4 is 11.1 Å². The Morgan fingerprint density at radius 1 is 1.50 bits per heavy atom. The molecule has 2 rings (SSSR count). The number of ether oxygens (including phenoxy) is 1. The number of primary amides is 1. The van der Waals surface area contributed by atoms with Gasteiger partial charge in [0.05, 0.1) is 5.56 Å². The third kappa shape index (κ3) is 1.39. The standard InChI is InChI=1S/C9H8N2O3/c10-9(13)11-6-1-2-7-5(3-6)4-14-8(7)12/h1-3H,4H2,(H3,10,11,13). The quantitative estimate of drug-likeness (QED) is 0.647. The van der Waals surface area contributed by atoms with E-state index < -0.39 is 6.03 Å². The molecule has 1 aliphatic heterocycles. The van der Waals surface area contributed by atoms with E-state index >= 15 is 0 Å². The Bertz CT molecular complexity index is 415. The molecule has 5 nitrogen and oxygen atoms in total. The van der Waals surface area contributed by atoms with Crippen molar-refractivity contribution >= 4 is 17.7 Å². The minimum Gasteiger partial charge on any atom is -0.457 e. The Morgan fingerprint density at radius 3 is 3.00 bits per heavy atom. The van der Waals surface area contributed by atoms with Gasteiger partial charge in [-0.25, -0.2) is 9.59 Å². The molecule has 0 saturated heterocycles. The molecule has 72 valence electrons. The molecule has 1 heterocycles. The summed E-state index contributed by atoms with van der Waals surface area (Å²) in [6, 6.07) is 4.26. The van der Waals surface area contributed by atoms with Crippen LogP contribution in [-0.2, 0) is 11.3 Å². The van der Waals surface area contributed by atoms with E-state index in [4.69, 9.17) is 10.5 Å². The molecule has 14 heavy (non-hydrogen) atoms. The lowest BCUT2D eigenvalue weighted by Gasteiger charge is -2.01. The lowest BCUT2D eigenvalue weighted by molar-refractivity contribution is 0.0535. The van der Waals surface area contributed by atoms with Crippen molar-refractivity contribution in [1.29, 1.82) is 0 Å². The molecule has 0 spiro atoms. The van der Waals surface area contributed by atoms with Gasteiger partial charge in [0.15, 0.2) is 0 Å². The largest absolute Gasteiger partial charge is 0.457 e. The van der Waals surface area contributed by atoms with E-state index in [2.05, 4.69) is 5.32 Å². The lowest BCUT2D eigenvalue weighted by atomic mass is 10.1. The Balaban J connectivity index is 2.32. The van der Waals surface area contributed by atoms with Crippen molar-refractivity contribution in [2.75, 3.05) is 5.32 Å². The van der Waals surface area contributed by atoms with Gasteiger partial charge in [0.25, 0.3) is 0 Å². The first-order valence-electron chi connectivity index (χ1n) is 4.03. The molecule has 2 amide bonds. The Morgan fingerprint density at radius 2 is 2.29 bits per heavy atom. The number of cyclic esters (lactones) is 1. The Hall–Kier alpha value is -2.04. The number of esters is 1. The van der Waals surface area contributed by atoms with Crippen molar-refractivity contribution in [1.82, 2.24) is 0 Å². The van der Waals surface area contributed by atoms with Crippen LogP contribution in [0.25, 0.3) is 0 Å². The van der Waals surface area contributed by atoms with Gasteiger partial charge >= 0.3 is 12.0 Å². The zero-order valence-corrected chi connectivity index (χ0v) is 7.24. The molecule has 0 aliphatic carbocycles. The molecule has 0 saturated carbocycles. The average Bonchev–Trinajstić information content (AvgIpc) is 2.46. The molecular weight excluding hydrogens is 184 g/mol. The van der Waals surface area contributed by atoms with Crippen molar-refractivity contribution in [3.8, 4) is 0 Å². The van der Waals surface area contributed by atoms with Crippen molar-refractivity contribution in [2.45, 2.75) is 6.61 Å². The first-order valence-corrected chi connectivity index (χ1v) is 4.03. The number of benzene rings is 1. The number of rotatable bonds is 1. The summed E-state index contributed by atoms with van der Waals surface area (Å²) in [7, 11) is 0. The summed E-state index contributed by atoms with van der Waals surface area (Å²) in [6.45, 7) is 0.252. The van der Waals surface area contributed by atoms with E-state index in [1.165, 1.54) is 0 Å². The van der Waals surface area contributed by atoms with Crippen LogP contribution in [0.5, 0.6) is 0 Å². The smallest absolute Gasteiger partial charge is 0.338 e. The molecule has 3 N–H and O–H groups in total. The van der Waals surface area contributed by atoms with E-state index in [0.29, 0.717) is 11.3 Å². The summed E-state index contributed by atoms with van der Waals surface area (Å²) in [5, 5.41) is 2.42. The van der Waals surface area contributed by atoms with Crippen LogP contribution in [0.4, 0.5) is 10.5 Å². The molecule has 1 aliphatic rings. The van der Waals surface area contributed by atoms with Gasteiger partial charge in [-0.15, -0.1) is 0 Å². The average molecular weight is 192 g/mol. The summed E-state index contributed by atoms with van der Waals surface area (Å²) in [6.07, 6.45) is 0.